The first kappa shape index (κ1) is 18.7. The Hall–Kier alpha value is -0.343. The van der Waals surface area contributed by atoms with Gasteiger partial charge in [-0.25, -0.2) is 0 Å². The summed E-state index contributed by atoms with van der Waals surface area (Å²) in [4.78, 5) is 12.2. The zero-order chi connectivity index (χ0) is 16.4. The SMILES string of the molecule is CCC(O[Si](C)(C)C(C)(C)C)c1occ(I)c(=O)c1OC. The molecule has 1 aromatic rings. The Kier molecular flexibility index (Phi) is 6.08. The van der Waals surface area contributed by atoms with Crippen molar-refractivity contribution in [2.45, 2.75) is 58.4 Å². The van der Waals surface area contributed by atoms with E-state index < -0.39 is 8.32 Å². The Balaban J connectivity index is 3.24. The molecule has 0 saturated carbocycles. The van der Waals surface area contributed by atoms with E-state index in [0.717, 1.165) is 6.42 Å². The molecule has 0 saturated heterocycles. The molecule has 0 bridgehead atoms. The number of halogens is 1. The molecule has 1 rings (SSSR count). The molecule has 1 atom stereocenters. The maximum absolute atomic E-state index is 12.2. The minimum absolute atomic E-state index is 0.0944. The lowest BCUT2D eigenvalue weighted by Crippen LogP contribution is -2.42. The first-order chi connectivity index (χ1) is 9.55. The van der Waals surface area contributed by atoms with Gasteiger partial charge in [-0.3, -0.25) is 4.79 Å². The van der Waals surface area contributed by atoms with E-state index in [1.54, 1.807) is 0 Å². The van der Waals surface area contributed by atoms with Crippen LogP contribution in [0.25, 0.3) is 0 Å². The molecule has 1 aromatic heterocycles. The Morgan fingerprint density at radius 1 is 1.38 bits per heavy atom. The third kappa shape index (κ3) is 4.10. The molecular formula is C15H25IO4Si. The molecule has 0 spiro atoms. The Morgan fingerprint density at radius 3 is 2.38 bits per heavy atom. The predicted molar refractivity (Wildman–Crippen MR) is 95.6 cm³/mol. The molecule has 0 amide bonds. The summed E-state index contributed by atoms with van der Waals surface area (Å²) in [5.74, 6) is 0.753. The van der Waals surface area contributed by atoms with Crippen molar-refractivity contribution in [3.8, 4) is 5.75 Å². The summed E-state index contributed by atoms with van der Waals surface area (Å²) < 4.78 is 17.8. The molecule has 0 aliphatic carbocycles. The van der Waals surface area contributed by atoms with Gasteiger partial charge in [-0.1, -0.05) is 27.7 Å². The van der Waals surface area contributed by atoms with Crippen molar-refractivity contribution in [3.63, 3.8) is 0 Å². The zero-order valence-electron chi connectivity index (χ0n) is 13.9. The number of hydrogen-bond acceptors (Lipinski definition) is 4. The fraction of sp³-hybridized carbons (Fsp3) is 0.667. The van der Waals surface area contributed by atoms with Gasteiger partial charge in [0.2, 0.25) is 11.2 Å². The van der Waals surface area contributed by atoms with Gasteiger partial charge in [-0.15, -0.1) is 0 Å². The largest absolute Gasteiger partial charge is 0.490 e. The second-order valence-electron chi connectivity index (χ2n) is 6.59. The summed E-state index contributed by atoms with van der Waals surface area (Å²) in [5, 5.41) is 0.0944. The van der Waals surface area contributed by atoms with Gasteiger partial charge in [0, 0.05) is 0 Å². The van der Waals surface area contributed by atoms with Gasteiger partial charge in [-0.05, 0) is 47.1 Å². The summed E-state index contributed by atoms with van der Waals surface area (Å²) in [6.07, 6.45) is 1.94. The molecular weight excluding hydrogens is 399 g/mol. The highest BCUT2D eigenvalue weighted by atomic mass is 127. The lowest BCUT2D eigenvalue weighted by molar-refractivity contribution is 0.144. The Morgan fingerprint density at radius 2 is 1.95 bits per heavy atom. The lowest BCUT2D eigenvalue weighted by atomic mass is 10.2. The average molecular weight is 424 g/mol. The van der Waals surface area contributed by atoms with Crippen LogP contribution in [0.4, 0.5) is 0 Å². The van der Waals surface area contributed by atoms with Crippen molar-refractivity contribution in [2.24, 2.45) is 0 Å². The molecule has 1 heterocycles. The van der Waals surface area contributed by atoms with Gasteiger partial charge >= 0.3 is 0 Å². The van der Waals surface area contributed by atoms with Crippen LogP contribution in [-0.2, 0) is 4.43 Å². The van der Waals surface area contributed by atoms with E-state index in [4.69, 9.17) is 13.6 Å². The van der Waals surface area contributed by atoms with Crippen molar-refractivity contribution in [3.05, 3.63) is 25.8 Å². The molecule has 120 valence electrons. The molecule has 4 nitrogen and oxygen atoms in total. The second kappa shape index (κ2) is 6.83. The molecule has 0 radical (unpaired) electrons. The molecule has 0 aliphatic rings. The van der Waals surface area contributed by atoms with Gasteiger partial charge in [0.1, 0.15) is 12.4 Å². The highest BCUT2D eigenvalue weighted by Crippen LogP contribution is 2.41. The van der Waals surface area contributed by atoms with Crippen molar-refractivity contribution < 1.29 is 13.6 Å². The monoisotopic (exact) mass is 424 g/mol. The van der Waals surface area contributed by atoms with E-state index in [-0.39, 0.29) is 22.3 Å². The third-order valence-corrected chi connectivity index (χ3v) is 9.28. The van der Waals surface area contributed by atoms with Crippen LogP contribution in [0.3, 0.4) is 0 Å². The summed E-state index contributed by atoms with van der Waals surface area (Å²) in [5.41, 5.74) is -0.142. The van der Waals surface area contributed by atoms with Crippen LogP contribution in [0.2, 0.25) is 18.1 Å². The summed E-state index contributed by atoms with van der Waals surface area (Å²) in [6, 6.07) is 0. The summed E-state index contributed by atoms with van der Waals surface area (Å²) in [6.45, 7) is 13.0. The van der Waals surface area contributed by atoms with Crippen LogP contribution in [0.5, 0.6) is 5.75 Å². The summed E-state index contributed by atoms with van der Waals surface area (Å²) >= 11 is 1.95. The zero-order valence-corrected chi connectivity index (χ0v) is 17.0. The van der Waals surface area contributed by atoms with Gasteiger partial charge < -0.3 is 13.6 Å². The maximum atomic E-state index is 12.2. The van der Waals surface area contributed by atoms with E-state index in [9.17, 15) is 4.79 Å². The van der Waals surface area contributed by atoms with Crippen molar-refractivity contribution in [2.75, 3.05) is 7.11 Å². The predicted octanol–water partition coefficient (Wildman–Crippen LogP) is 4.73. The third-order valence-electron chi connectivity index (χ3n) is 4.05. The minimum atomic E-state index is -1.96. The van der Waals surface area contributed by atoms with E-state index in [0.29, 0.717) is 9.33 Å². The quantitative estimate of drug-likeness (QED) is 0.507. The molecule has 6 heteroatoms. The first-order valence-electron chi connectivity index (χ1n) is 7.08. The van der Waals surface area contributed by atoms with Gasteiger partial charge in [0.25, 0.3) is 0 Å². The van der Waals surface area contributed by atoms with E-state index in [2.05, 4.69) is 33.9 Å². The second-order valence-corrected chi connectivity index (χ2v) is 12.5. The summed E-state index contributed by atoms with van der Waals surface area (Å²) in [7, 11) is -0.467. The van der Waals surface area contributed by atoms with Crippen LogP contribution in [0.15, 0.2) is 15.5 Å². The van der Waals surface area contributed by atoms with Crippen LogP contribution in [-0.4, -0.2) is 15.4 Å². The van der Waals surface area contributed by atoms with Gasteiger partial charge in [0.05, 0.1) is 10.7 Å². The average Bonchev–Trinajstić information content (AvgIpc) is 2.38. The maximum Gasteiger partial charge on any atom is 0.240 e. The van der Waals surface area contributed by atoms with Crippen LogP contribution in [0.1, 0.15) is 46.0 Å². The van der Waals surface area contributed by atoms with Crippen LogP contribution < -0.4 is 10.2 Å². The fourth-order valence-electron chi connectivity index (χ4n) is 1.71. The number of methoxy groups -OCH3 is 1. The van der Waals surface area contributed by atoms with E-state index >= 15 is 0 Å². The number of hydrogen-bond donors (Lipinski definition) is 0. The molecule has 1 unspecified atom stereocenters. The van der Waals surface area contributed by atoms with Crippen molar-refractivity contribution >= 4 is 30.9 Å². The first-order valence-corrected chi connectivity index (χ1v) is 11.1. The van der Waals surface area contributed by atoms with Gasteiger partial charge in [0.15, 0.2) is 14.1 Å². The molecule has 0 aliphatic heterocycles. The minimum Gasteiger partial charge on any atom is -0.490 e. The van der Waals surface area contributed by atoms with Crippen LogP contribution in [0, 0.1) is 3.57 Å². The van der Waals surface area contributed by atoms with Crippen molar-refractivity contribution in [1.29, 1.82) is 0 Å². The topological polar surface area (TPSA) is 48.7 Å². The molecule has 21 heavy (non-hydrogen) atoms. The highest BCUT2D eigenvalue weighted by molar-refractivity contribution is 14.1. The highest BCUT2D eigenvalue weighted by Gasteiger charge is 2.40. The number of ether oxygens (including phenoxy) is 1. The standard InChI is InChI=1S/C15H25IO4Si/c1-8-11(20-21(6,7)15(2,3)4)13-14(18-5)12(17)10(16)9-19-13/h9,11H,8H2,1-7H3. The Labute approximate surface area is 141 Å². The van der Waals surface area contributed by atoms with Gasteiger partial charge in [-0.2, -0.15) is 0 Å². The van der Waals surface area contributed by atoms with E-state index in [1.807, 2.05) is 29.5 Å². The van der Waals surface area contributed by atoms with Crippen molar-refractivity contribution in [1.82, 2.24) is 0 Å². The smallest absolute Gasteiger partial charge is 0.240 e. The fourth-order valence-corrected chi connectivity index (χ4v) is 3.42. The number of rotatable bonds is 5. The molecule has 0 fully saturated rings. The van der Waals surface area contributed by atoms with Crippen LogP contribution >= 0.6 is 22.6 Å². The normalized spacial score (nSPS) is 14.1. The Bertz CT molecular complexity index is 546. The van der Waals surface area contributed by atoms with E-state index in [1.165, 1.54) is 13.4 Å². The lowest BCUT2D eigenvalue weighted by Gasteiger charge is -2.38. The molecule has 0 aromatic carbocycles. The molecule has 0 N–H and O–H groups in total.